The van der Waals surface area contributed by atoms with Crippen LogP contribution >= 0.6 is 0 Å². The average molecular weight is 324 g/mol. The molecule has 2 heterocycles. The topological polar surface area (TPSA) is 68.9 Å². The van der Waals surface area contributed by atoms with Crippen LogP contribution in [0.3, 0.4) is 0 Å². The van der Waals surface area contributed by atoms with E-state index in [0.29, 0.717) is 18.9 Å². The third-order valence-corrected chi connectivity index (χ3v) is 3.87. The first kappa shape index (κ1) is 16.0. The zero-order valence-corrected chi connectivity index (χ0v) is 13.6. The minimum absolute atomic E-state index is 0.0660. The van der Waals surface area contributed by atoms with E-state index in [-0.39, 0.29) is 18.0 Å². The highest BCUT2D eigenvalue weighted by atomic mass is 16.2. The maximum Gasteiger partial charge on any atom is 0.329 e. The van der Waals surface area contributed by atoms with Crippen molar-refractivity contribution in [1.29, 1.82) is 0 Å². The number of rotatable bonds is 6. The van der Waals surface area contributed by atoms with Crippen molar-refractivity contribution >= 4 is 22.8 Å². The highest BCUT2D eigenvalue weighted by Gasteiger charge is 2.13. The normalized spacial score (nSPS) is 10.9. The smallest absolute Gasteiger partial charge is 0.311 e. The van der Waals surface area contributed by atoms with E-state index in [2.05, 4.69) is 10.3 Å². The van der Waals surface area contributed by atoms with E-state index >= 15 is 0 Å². The molecular formula is C18H20N4O2. The van der Waals surface area contributed by atoms with Crippen molar-refractivity contribution in [3.8, 4) is 0 Å². The minimum atomic E-state index is -0.159. The first-order chi connectivity index (χ1) is 11.7. The number of aryl methyl sites for hydroxylation is 2. The zero-order valence-electron chi connectivity index (χ0n) is 13.6. The van der Waals surface area contributed by atoms with Gasteiger partial charge in [0, 0.05) is 25.7 Å². The van der Waals surface area contributed by atoms with Crippen LogP contribution in [0.25, 0.3) is 11.0 Å². The Hall–Kier alpha value is -2.89. The molecule has 1 N–H and O–H groups in total. The summed E-state index contributed by atoms with van der Waals surface area (Å²) < 4.78 is 3.44. The molecule has 6 heteroatoms. The Bertz CT molecular complexity index is 896. The first-order valence-corrected chi connectivity index (χ1v) is 8.09. The van der Waals surface area contributed by atoms with Crippen molar-refractivity contribution in [2.45, 2.75) is 32.9 Å². The number of pyridine rings is 1. The van der Waals surface area contributed by atoms with Gasteiger partial charge in [0.15, 0.2) is 0 Å². The summed E-state index contributed by atoms with van der Waals surface area (Å²) in [6, 6.07) is 13.0. The van der Waals surface area contributed by atoms with E-state index in [4.69, 9.17) is 0 Å². The fraction of sp³-hybridized carbons (Fsp3) is 0.278. The molecule has 1 amide bonds. The Balaban J connectivity index is 1.79. The van der Waals surface area contributed by atoms with Gasteiger partial charge in [-0.2, -0.15) is 0 Å². The standard InChI is InChI=1S/C18H20N4O2/c1-2-12-21-14-7-3-4-8-15(14)22(18(21)24)13-10-17(23)20-16-9-5-6-11-19-16/h3-9,11H,2,10,12-13H2,1H3,(H,19,20,23). The fourth-order valence-electron chi connectivity index (χ4n) is 2.78. The van der Waals surface area contributed by atoms with Gasteiger partial charge in [-0.3, -0.25) is 13.9 Å². The number of aromatic nitrogens is 3. The fourth-order valence-corrected chi connectivity index (χ4v) is 2.78. The third kappa shape index (κ3) is 3.22. The second-order valence-electron chi connectivity index (χ2n) is 5.59. The molecule has 124 valence electrons. The number of nitrogens with one attached hydrogen (secondary N) is 1. The van der Waals surface area contributed by atoms with Gasteiger partial charge >= 0.3 is 5.69 Å². The van der Waals surface area contributed by atoms with Gasteiger partial charge in [0.2, 0.25) is 5.91 Å². The van der Waals surface area contributed by atoms with Gasteiger partial charge in [0.05, 0.1) is 11.0 Å². The van der Waals surface area contributed by atoms with Crippen LogP contribution in [0.5, 0.6) is 0 Å². The van der Waals surface area contributed by atoms with Gasteiger partial charge in [-0.1, -0.05) is 25.1 Å². The molecule has 2 aromatic heterocycles. The summed E-state index contributed by atoms with van der Waals surface area (Å²) in [4.78, 5) is 28.8. The number of benzene rings is 1. The second-order valence-corrected chi connectivity index (χ2v) is 5.59. The van der Waals surface area contributed by atoms with Crippen molar-refractivity contribution in [2.75, 3.05) is 5.32 Å². The van der Waals surface area contributed by atoms with Crippen molar-refractivity contribution in [1.82, 2.24) is 14.1 Å². The Morgan fingerprint density at radius 3 is 2.33 bits per heavy atom. The van der Waals surface area contributed by atoms with Gasteiger partial charge in [0.1, 0.15) is 5.82 Å². The van der Waals surface area contributed by atoms with E-state index in [1.807, 2.05) is 37.3 Å². The lowest BCUT2D eigenvalue weighted by molar-refractivity contribution is -0.116. The third-order valence-electron chi connectivity index (χ3n) is 3.87. The lowest BCUT2D eigenvalue weighted by Crippen LogP contribution is -2.26. The summed E-state index contributed by atoms with van der Waals surface area (Å²) in [5, 5.41) is 2.74. The first-order valence-electron chi connectivity index (χ1n) is 8.09. The molecule has 1 aromatic carbocycles. The van der Waals surface area contributed by atoms with Crippen LogP contribution in [0, 0.1) is 0 Å². The molecule has 0 fully saturated rings. The Labute approximate surface area is 139 Å². The van der Waals surface area contributed by atoms with Gasteiger partial charge in [-0.15, -0.1) is 0 Å². The number of anilines is 1. The van der Waals surface area contributed by atoms with Crippen molar-refractivity contribution in [2.24, 2.45) is 0 Å². The summed E-state index contributed by atoms with van der Waals surface area (Å²) >= 11 is 0. The lowest BCUT2D eigenvalue weighted by Gasteiger charge is -2.05. The van der Waals surface area contributed by atoms with Crippen LogP contribution in [0.2, 0.25) is 0 Å². The van der Waals surface area contributed by atoms with Crippen LogP contribution in [-0.2, 0) is 17.9 Å². The Kier molecular flexibility index (Phi) is 4.74. The number of nitrogens with zero attached hydrogens (tertiary/aromatic N) is 3. The summed E-state index contributed by atoms with van der Waals surface area (Å²) in [6.07, 6.45) is 2.73. The largest absolute Gasteiger partial charge is 0.329 e. The van der Waals surface area contributed by atoms with E-state index < -0.39 is 0 Å². The molecule has 0 bridgehead atoms. The number of carbonyl (C=O) groups is 1. The predicted molar refractivity (Wildman–Crippen MR) is 94.0 cm³/mol. The minimum Gasteiger partial charge on any atom is -0.311 e. The summed E-state index contributed by atoms with van der Waals surface area (Å²) in [5.41, 5.74) is 1.71. The van der Waals surface area contributed by atoms with Crippen LogP contribution in [0.1, 0.15) is 19.8 Å². The molecule has 0 saturated carbocycles. The van der Waals surface area contributed by atoms with Gasteiger partial charge in [0.25, 0.3) is 0 Å². The summed E-state index contributed by atoms with van der Waals surface area (Å²) in [5.74, 6) is 0.358. The number of hydrogen-bond donors (Lipinski definition) is 1. The molecule has 0 aliphatic heterocycles. The molecule has 24 heavy (non-hydrogen) atoms. The second kappa shape index (κ2) is 7.12. The van der Waals surface area contributed by atoms with Crippen LogP contribution in [0.4, 0.5) is 5.82 Å². The molecule has 0 radical (unpaired) electrons. The van der Waals surface area contributed by atoms with Crippen molar-refractivity contribution < 1.29 is 4.79 Å². The van der Waals surface area contributed by atoms with Crippen molar-refractivity contribution in [3.63, 3.8) is 0 Å². The lowest BCUT2D eigenvalue weighted by atomic mass is 10.3. The molecule has 0 aliphatic rings. The van der Waals surface area contributed by atoms with E-state index in [0.717, 1.165) is 17.5 Å². The van der Waals surface area contributed by atoms with Crippen LogP contribution < -0.4 is 11.0 Å². The number of amides is 1. The summed E-state index contributed by atoms with van der Waals surface area (Å²) in [6.45, 7) is 3.06. The maximum absolute atomic E-state index is 12.6. The molecule has 0 spiro atoms. The highest BCUT2D eigenvalue weighted by molar-refractivity contribution is 5.89. The van der Waals surface area contributed by atoms with Gasteiger partial charge in [-0.25, -0.2) is 9.78 Å². The Morgan fingerprint density at radius 1 is 1.04 bits per heavy atom. The van der Waals surface area contributed by atoms with E-state index in [9.17, 15) is 9.59 Å². The van der Waals surface area contributed by atoms with Crippen LogP contribution in [-0.4, -0.2) is 20.0 Å². The molecular weight excluding hydrogens is 304 g/mol. The number of hydrogen-bond acceptors (Lipinski definition) is 3. The van der Waals surface area contributed by atoms with E-state index in [1.54, 1.807) is 27.5 Å². The zero-order chi connectivity index (χ0) is 16.9. The van der Waals surface area contributed by atoms with Crippen LogP contribution in [0.15, 0.2) is 53.5 Å². The molecule has 0 atom stereocenters. The number of imidazole rings is 1. The SMILES string of the molecule is CCCn1c(=O)n(CCC(=O)Nc2ccccn2)c2ccccc21. The van der Waals surface area contributed by atoms with Gasteiger partial charge < -0.3 is 5.32 Å². The number of para-hydroxylation sites is 2. The van der Waals surface area contributed by atoms with E-state index in [1.165, 1.54) is 0 Å². The monoisotopic (exact) mass is 324 g/mol. The predicted octanol–water partition coefficient (Wildman–Crippen LogP) is 2.64. The molecule has 0 unspecified atom stereocenters. The highest BCUT2D eigenvalue weighted by Crippen LogP contribution is 2.13. The molecule has 0 aliphatic carbocycles. The molecule has 6 nitrogen and oxygen atoms in total. The number of fused-ring (bicyclic) bond motifs is 1. The summed E-state index contributed by atoms with van der Waals surface area (Å²) in [7, 11) is 0. The average Bonchev–Trinajstić information content (AvgIpc) is 2.86. The molecule has 0 saturated heterocycles. The maximum atomic E-state index is 12.6. The van der Waals surface area contributed by atoms with Gasteiger partial charge in [-0.05, 0) is 30.7 Å². The molecule has 3 aromatic rings. The molecule has 3 rings (SSSR count). The number of carbonyl (C=O) groups excluding carboxylic acids is 1. The quantitative estimate of drug-likeness (QED) is 0.758. The Morgan fingerprint density at radius 2 is 1.71 bits per heavy atom. The van der Waals surface area contributed by atoms with Crippen molar-refractivity contribution in [3.05, 3.63) is 59.1 Å².